The van der Waals surface area contributed by atoms with Crippen LogP contribution in [-0.2, 0) is 10.0 Å². The third-order valence-corrected chi connectivity index (χ3v) is 3.69. The van der Waals surface area contributed by atoms with Crippen molar-refractivity contribution in [2.24, 2.45) is 5.14 Å². The Labute approximate surface area is 135 Å². The highest BCUT2D eigenvalue weighted by Gasteiger charge is 2.32. The maximum absolute atomic E-state index is 12.4. The summed E-state index contributed by atoms with van der Waals surface area (Å²) in [4.78, 5) is 11.9. The number of anilines is 1. The van der Waals surface area contributed by atoms with Gasteiger partial charge in [0.2, 0.25) is 10.0 Å². The van der Waals surface area contributed by atoms with Crippen LogP contribution in [0.1, 0.15) is 10.4 Å². The van der Waals surface area contributed by atoms with Crippen LogP contribution in [0.3, 0.4) is 0 Å². The molecule has 2 rings (SSSR count). The van der Waals surface area contributed by atoms with E-state index in [0.717, 1.165) is 18.2 Å². The lowest BCUT2D eigenvalue weighted by Gasteiger charge is -2.13. The molecule has 0 unspecified atom stereocenters. The minimum atomic E-state index is -4.95. The molecular formula is C14H11F3N2O4S. The number of rotatable bonds is 4. The molecule has 0 heterocycles. The van der Waals surface area contributed by atoms with E-state index in [2.05, 4.69) is 10.1 Å². The van der Waals surface area contributed by atoms with Crippen molar-refractivity contribution in [2.45, 2.75) is 11.3 Å². The summed E-state index contributed by atoms with van der Waals surface area (Å²) in [5, 5.41) is 7.27. The number of carbonyl (C=O) groups excluding carboxylic acids is 1. The SMILES string of the molecule is NS(=O)(=O)c1cccc(NC(=O)c2ccccc2OC(F)(F)F)c1. The number of alkyl halides is 3. The summed E-state index contributed by atoms with van der Waals surface area (Å²) >= 11 is 0. The van der Waals surface area contributed by atoms with Crippen molar-refractivity contribution in [1.29, 1.82) is 0 Å². The number of halogens is 3. The number of primary sulfonamides is 1. The average molecular weight is 360 g/mol. The van der Waals surface area contributed by atoms with Gasteiger partial charge in [-0.15, -0.1) is 13.2 Å². The second-order valence-corrected chi connectivity index (χ2v) is 6.13. The molecule has 0 saturated heterocycles. The number of hydrogen-bond acceptors (Lipinski definition) is 4. The van der Waals surface area contributed by atoms with Crippen molar-refractivity contribution in [3.8, 4) is 5.75 Å². The number of nitrogens with two attached hydrogens (primary N) is 1. The van der Waals surface area contributed by atoms with E-state index >= 15 is 0 Å². The average Bonchev–Trinajstić information content (AvgIpc) is 2.45. The normalized spacial score (nSPS) is 11.8. The molecule has 2 aromatic carbocycles. The minimum Gasteiger partial charge on any atom is -0.405 e. The molecule has 0 aromatic heterocycles. The Balaban J connectivity index is 2.28. The van der Waals surface area contributed by atoms with Crippen molar-refractivity contribution in [1.82, 2.24) is 0 Å². The van der Waals surface area contributed by atoms with Crippen LogP contribution >= 0.6 is 0 Å². The van der Waals surface area contributed by atoms with Crippen molar-refractivity contribution >= 4 is 21.6 Å². The van der Waals surface area contributed by atoms with Crippen LogP contribution < -0.4 is 15.2 Å². The van der Waals surface area contributed by atoms with E-state index in [-0.39, 0.29) is 16.1 Å². The molecule has 0 atom stereocenters. The largest absolute Gasteiger partial charge is 0.573 e. The van der Waals surface area contributed by atoms with Gasteiger partial charge in [0.05, 0.1) is 10.5 Å². The summed E-state index contributed by atoms with van der Waals surface area (Å²) in [5.41, 5.74) is -0.316. The molecule has 0 aliphatic carbocycles. The summed E-state index contributed by atoms with van der Waals surface area (Å²) < 4.78 is 63.4. The molecule has 2 aromatic rings. The Kier molecular flexibility index (Phi) is 4.81. The Bertz CT molecular complexity index is 866. The van der Waals surface area contributed by atoms with Crippen LogP contribution in [-0.4, -0.2) is 20.7 Å². The first-order valence-corrected chi connectivity index (χ1v) is 7.90. The molecule has 0 bridgehead atoms. The highest BCUT2D eigenvalue weighted by molar-refractivity contribution is 7.89. The summed E-state index contributed by atoms with van der Waals surface area (Å²) in [6.45, 7) is 0. The van der Waals surface area contributed by atoms with E-state index in [1.54, 1.807) is 0 Å². The quantitative estimate of drug-likeness (QED) is 0.875. The van der Waals surface area contributed by atoms with Gasteiger partial charge in [0, 0.05) is 5.69 Å². The molecule has 0 spiro atoms. The summed E-state index contributed by atoms with van der Waals surface area (Å²) in [7, 11) is -3.98. The second kappa shape index (κ2) is 6.49. The molecule has 3 N–H and O–H groups in total. The number of benzene rings is 2. The van der Waals surface area contributed by atoms with E-state index in [4.69, 9.17) is 5.14 Å². The highest BCUT2D eigenvalue weighted by atomic mass is 32.2. The standard InChI is InChI=1S/C14H11F3N2O4S/c15-14(16,17)23-12-7-2-1-6-11(12)13(20)19-9-4-3-5-10(8-9)24(18,21)22/h1-8H,(H,19,20)(H2,18,21,22). The zero-order valence-electron chi connectivity index (χ0n) is 11.9. The number of amides is 1. The summed E-state index contributed by atoms with van der Waals surface area (Å²) in [6.07, 6.45) is -4.95. The zero-order valence-corrected chi connectivity index (χ0v) is 12.7. The van der Waals surface area contributed by atoms with Gasteiger partial charge in [-0.3, -0.25) is 4.79 Å². The minimum absolute atomic E-state index is 0.0494. The fourth-order valence-corrected chi connectivity index (χ4v) is 2.38. The molecular weight excluding hydrogens is 349 g/mol. The van der Waals surface area contributed by atoms with Gasteiger partial charge in [-0.05, 0) is 30.3 Å². The second-order valence-electron chi connectivity index (χ2n) is 4.57. The third-order valence-electron chi connectivity index (χ3n) is 2.78. The zero-order chi connectivity index (χ0) is 18.0. The first-order chi connectivity index (χ1) is 11.1. The van der Waals surface area contributed by atoms with E-state index in [1.807, 2.05) is 0 Å². The molecule has 1 amide bonds. The lowest BCUT2D eigenvalue weighted by Crippen LogP contribution is -2.21. The number of hydrogen-bond donors (Lipinski definition) is 2. The van der Waals surface area contributed by atoms with Gasteiger partial charge in [0.15, 0.2) is 0 Å². The number of nitrogens with one attached hydrogen (secondary N) is 1. The van der Waals surface area contributed by atoms with E-state index in [9.17, 15) is 26.4 Å². The molecule has 0 fully saturated rings. The monoisotopic (exact) mass is 360 g/mol. The van der Waals surface area contributed by atoms with Crippen LogP contribution in [0.5, 0.6) is 5.75 Å². The molecule has 128 valence electrons. The fraction of sp³-hybridized carbons (Fsp3) is 0.0714. The lowest BCUT2D eigenvalue weighted by atomic mass is 10.2. The molecule has 10 heteroatoms. The topological polar surface area (TPSA) is 98.5 Å². The van der Waals surface area contributed by atoms with Crippen molar-refractivity contribution in [3.63, 3.8) is 0 Å². The number of sulfonamides is 1. The van der Waals surface area contributed by atoms with Crippen molar-refractivity contribution in [2.75, 3.05) is 5.32 Å². The van der Waals surface area contributed by atoms with Gasteiger partial charge in [-0.25, -0.2) is 13.6 Å². The van der Waals surface area contributed by atoms with Crippen LogP contribution in [0.15, 0.2) is 53.4 Å². The van der Waals surface area contributed by atoms with E-state index in [1.165, 1.54) is 30.3 Å². The van der Waals surface area contributed by atoms with Crippen molar-refractivity contribution < 1.29 is 31.1 Å². The Morgan fingerprint density at radius 3 is 2.38 bits per heavy atom. The summed E-state index contributed by atoms with van der Waals surface area (Å²) in [5.74, 6) is -1.58. The lowest BCUT2D eigenvalue weighted by molar-refractivity contribution is -0.274. The first-order valence-electron chi connectivity index (χ1n) is 6.35. The predicted molar refractivity (Wildman–Crippen MR) is 78.9 cm³/mol. The van der Waals surface area contributed by atoms with Gasteiger partial charge in [-0.1, -0.05) is 18.2 Å². The number of ether oxygens (including phenoxy) is 1. The van der Waals surface area contributed by atoms with E-state index < -0.39 is 28.0 Å². The maximum atomic E-state index is 12.4. The highest BCUT2D eigenvalue weighted by Crippen LogP contribution is 2.27. The molecule has 6 nitrogen and oxygen atoms in total. The smallest absolute Gasteiger partial charge is 0.405 e. The number of carbonyl (C=O) groups is 1. The number of para-hydroxylation sites is 1. The Hall–Kier alpha value is -2.59. The van der Waals surface area contributed by atoms with E-state index in [0.29, 0.717) is 0 Å². The van der Waals surface area contributed by atoms with Crippen molar-refractivity contribution in [3.05, 3.63) is 54.1 Å². The van der Waals surface area contributed by atoms with Gasteiger partial charge >= 0.3 is 6.36 Å². The van der Waals surface area contributed by atoms with Crippen LogP contribution in [0.25, 0.3) is 0 Å². The van der Waals surface area contributed by atoms with Gasteiger partial charge in [0.25, 0.3) is 5.91 Å². The molecule has 0 radical (unpaired) electrons. The Morgan fingerprint density at radius 2 is 1.75 bits per heavy atom. The van der Waals surface area contributed by atoms with Crippen LogP contribution in [0, 0.1) is 0 Å². The molecule has 0 aliphatic heterocycles. The van der Waals surface area contributed by atoms with Gasteiger partial charge in [-0.2, -0.15) is 0 Å². The van der Waals surface area contributed by atoms with Gasteiger partial charge < -0.3 is 10.1 Å². The predicted octanol–water partition coefficient (Wildman–Crippen LogP) is 2.48. The molecule has 24 heavy (non-hydrogen) atoms. The molecule has 0 saturated carbocycles. The Morgan fingerprint density at radius 1 is 1.08 bits per heavy atom. The van der Waals surface area contributed by atoms with Gasteiger partial charge in [0.1, 0.15) is 5.75 Å². The first kappa shape index (κ1) is 17.8. The van der Waals surface area contributed by atoms with Crippen LogP contribution in [0.4, 0.5) is 18.9 Å². The molecule has 0 aliphatic rings. The fourth-order valence-electron chi connectivity index (χ4n) is 1.82. The maximum Gasteiger partial charge on any atom is 0.573 e. The summed E-state index contributed by atoms with van der Waals surface area (Å²) in [6, 6.07) is 9.75. The van der Waals surface area contributed by atoms with Crippen LogP contribution in [0.2, 0.25) is 0 Å². The third kappa shape index (κ3) is 4.70.